The lowest BCUT2D eigenvalue weighted by molar-refractivity contribution is -0.119. The predicted octanol–water partition coefficient (Wildman–Crippen LogP) is 4.21. The summed E-state index contributed by atoms with van der Waals surface area (Å²) in [5.74, 6) is 0.372. The van der Waals surface area contributed by atoms with Gasteiger partial charge in [-0.1, -0.05) is 42.5 Å². The van der Waals surface area contributed by atoms with Gasteiger partial charge in [0.2, 0.25) is 5.91 Å². The number of nitrogens with one attached hydrogen (secondary N) is 1. The number of hydrogen-bond donors (Lipinski definition) is 1. The molecule has 0 aromatic heterocycles. The molecule has 0 saturated heterocycles. The lowest BCUT2D eigenvalue weighted by atomic mass is 10.1. The summed E-state index contributed by atoms with van der Waals surface area (Å²) in [5.41, 5.74) is 3.07. The average Bonchev–Trinajstić information content (AvgIpc) is 2.79. The first kappa shape index (κ1) is 23.3. The zero-order chi connectivity index (χ0) is 23.1. The molecule has 0 bridgehead atoms. The van der Waals surface area contributed by atoms with Crippen molar-refractivity contribution in [3.05, 3.63) is 89.5 Å². The Morgan fingerprint density at radius 3 is 2.31 bits per heavy atom. The van der Waals surface area contributed by atoms with Crippen LogP contribution in [0.2, 0.25) is 0 Å². The van der Waals surface area contributed by atoms with Gasteiger partial charge in [0.25, 0.3) is 10.0 Å². The third kappa shape index (κ3) is 5.68. The van der Waals surface area contributed by atoms with Crippen LogP contribution in [0.1, 0.15) is 23.6 Å². The van der Waals surface area contributed by atoms with Crippen LogP contribution in [0, 0.1) is 13.8 Å². The molecule has 3 aromatic carbocycles. The number of amides is 1. The summed E-state index contributed by atoms with van der Waals surface area (Å²) in [5, 5.41) is 2.82. The summed E-state index contributed by atoms with van der Waals surface area (Å²) < 4.78 is 33.5. The lowest BCUT2D eigenvalue weighted by Crippen LogP contribution is -2.41. The number of benzene rings is 3. The fraction of sp³-hybridized carbons (Fsp3) is 0.240. The van der Waals surface area contributed by atoms with Gasteiger partial charge in [0.1, 0.15) is 12.3 Å². The topological polar surface area (TPSA) is 75.7 Å². The highest BCUT2D eigenvalue weighted by molar-refractivity contribution is 7.92. The van der Waals surface area contributed by atoms with Gasteiger partial charge in [0.05, 0.1) is 17.2 Å². The number of nitrogens with zero attached hydrogens (tertiary/aromatic N) is 1. The number of carbonyl (C=O) groups is 1. The number of ether oxygens (including phenoxy) is 1. The van der Waals surface area contributed by atoms with Crippen molar-refractivity contribution in [3.63, 3.8) is 0 Å². The molecular weight excluding hydrogens is 424 g/mol. The molecule has 1 amide bonds. The Balaban J connectivity index is 1.82. The molecule has 0 spiro atoms. The number of anilines is 1. The molecule has 1 N–H and O–H groups in total. The molecule has 0 unspecified atom stereocenters. The molecule has 0 aliphatic rings. The van der Waals surface area contributed by atoms with Crippen molar-refractivity contribution in [1.82, 2.24) is 5.32 Å². The van der Waals surface area contributed by atoms with Crippen LogP contribution in [0.25, 0.3) is 0 Å². The highest BCUT2D eigenvalue weighted by Gasteiger charge is 2.28. The zero-order valence-electron chi connectivity index (χ0n) is 18.5. The smallest absolute Gasteiger partial charge is 0.264 e. The van der Waals surface area contributed by atoms with E-state index in [0.717, 1.165) is 22.4 Å². The van der Waals surface area contributed by atoms with Crippen molar-refractivity contribution in [2.45, 2.75) is 32.2 Å². The predicted molar refractivity (Wildman–Crippen MR) is 126 cm³/mol. The molecule has 32 heavy (non-hydrogen) atoms. The standard InChI is InChI=1S/C25H28N2O4S/c1-4-31-22-14-12-21(13-15-22)17-26-25(28)18-27(24-16-19(2)10-11-20(24)3)32(29,30)23-8-6-5-7-9-23/h5-16H,4,17-18H2,1-3H3,(H,26,28). The molecule has 0 fully saturated rings. The van der Waals surface area contributed by atoms with E-state index in [0.29, 0.717) is 12.3 Å². The molecule has 6 nitrogen and oxygen atoms in total. The van der Waals surface area contributed by atoms with Gasteiger partial charge in [-0.25, -0.2) is 8.42 Å². The number of sulfonamides is 1. The van der Waals surface area contributed by atoms with E-state index in [1.54, 1.807) is 24.3 Å². The molecule has 0 atom stereocenters. The first-order chi connectivity index (χ1) is 15.3. The molecule has 0 heterocycles. The minimum absolute atomic E-state index is 0.139. The Labute approximate surface area is 189 Å². The highest BCUT2D eigenvalue weighted by Crippen LogP contribution is 2.27. The van der Waals surface area contributed by atoms with Gasteiger partial charge < -0.3 is 10.1 Å². The fourth-order valence-corrected chi connectivity index (χ4v) is 4.76. The van der Waals surface area contributed by atoms with Gasteiger partial charge in [-0.15, -0.1) is 0 Å². The highest BCUT2D eigenvalue weighted by atomic mass is 32.2. The van der Waals surface area contributed by atoms with Crippen molar-refractivity contribution < 1.29 is 17.9 Å². The molecule has 168 valence electrons. The van der Waals surface area contributed by atoms with Gasteiger partial charge in [-0.3, -0.25) is 9.10 Å². The maximum Gasteiger partial charge on any atom is 0.264 e. The summed E-state index contributed by atoms with van der Waals surface area (Å²) in [4.78, 5) is 12.9. The minimum atomic E-state index is -3.93. The van der Waals surface area contributed by atoms with Crippen LogP contribution in [-0.4, -0.2) is 27.5 Å². The van der Waals surface area contributed by atoms with Crippen LogP contribution < -0.4 is 14.4 Å². The lowest BCUT2D eigenvalue weighted by Gasteiger charge is -2.26. The van der Waals surface area contributed by atoms with Crippen LogP contribution in [0.3, 0.4) is 0 Å². The van der Waals surface area contributed by atoms with Crippen molar-refractivity contribution in [2.75, 3.05) is 17.5 Å². The van der Waals surface area contributed by atoms with Crippen LogP contribution in [0.5, 0.6) is 5.75 Å². The summed E-state index contributed by atoms with van der Waals surface area (Å²) in [6.45, 7) is 6.19. The van der Waals surface area contributed by atoms with Crippen LogP contribution in [-0.2, 0) is 21.4 Å². The molecular formula is C25H28N2O4S. The van der Waals surface area contributed by atoms with Crippen molar-refractivity contribution >= 4 is 21.6 Å². The van der Waals surface area contributed by atoms with E-state index in [-0.39, 0.29) is 23.9 Å². The van der Waals surface area contributed by atoms with Crippen LogP contribution in [0.4, 0.5) is 5.69 Å². The maximum atomic E-state index is 13.4. The fourth-order valence-electron chi connectivity index (χ4n) is 3.26. The van der Waals surface area contributed by atoms with E-state index in [1.165, 1.54) is 16.4 Å². The molecule has 0 radical (unpaired) electrons. The Kier molecular flexibility index (Phi) is 7.53. The number of hydrogen-bond acceptors (Lipinski definition) is 4. The second-order valence-corrected chi connectivity index (χ2v) is 9.33. The SMILES string of the molecule is CCOc1ccc(CNC(=O)CN(c2cc(C)ccc2C)S(=O)(=O)c2ccccc2)cc1. The molecule has 0 saturated carbocycles. The Bertz CT molecular complexity index is 1160. The normalized spacial score (nSPS) is 11.1. The molecule has 3 aromatic rings. The van der Waals surface area contributed by atoms with E-state index < -0.39 is 10.0 Å². The van der Waals surface area contributed by atoms with Crippen molar-refractivity contribution in [3.8, 4) is 5.75 Å². The Hall–Kier alpha value is -3.32. The summed E-state index contributed by atoms with van der Waals surface area (Å²) in [6.07, 6.45) is 0. The van der Waals surface area contributed by atoms with Gasteiger partial charge in [-0.2, -0.15) is 0 Å². The minimum Gasteiger partial charge on any atom is -0.494 e. The van der Waals surface area contributed by atoms with Crippen molar-refractivity contribution in [2.24, 2.45) is 0 Å². The number of carbonyl (C=O) groups excluding carboxylic acids is 1. The quantitative estimate of drug-likeness (QED) is 0.528. The Morgan fingerprint density at radius 2 is 1.66 bits per heavy atom. The van der Waals surface area contributed by atoms with Crippen molar-refractivity contribution in [1.29, 1.82) is 0 Å². The molecule has 3 rings (SSSR count). The zero-order valence-corrected chi connectivity index (χ0v) is 19.4. The first-order valence-corrected chi connectivity index (χ1v) is 11.9. The maximum absolute atomic E-state index is 13.4. The van der Waals surface area contributed by atoms with Crippen LogP contribution in [0.15, 0.2) is 77.7 Å². The summed E-state index contributed by atoms with van der Waals surface area (Å²) >= 11 is 0. The van der Waals surface area contributed by atoms with E-state index in [1.807, 2.05) is 57.2 Å². The first-order valence-electron chi connectivity index (χ1n) is 10.4. The summed E-state index contributed by atoms with van der Waals surface area (Å²) in [7, 11) is -3.93. The van der Waals surface area contributed by atoms with Crippen LogP contribution >= 0.6 is 0 Å². The number of rotatable bonds is 9. The molecule has 7 heteroatoms. The van der Waals surface area contributed by atoms with Gasteiger partial charge in [0, 0.05) is 6.54 Å². The average molecular weight is 453 g/mol. The van der Waals surface area contributed by atoms with Gasteiger partial charge >= 0.3 is 0 Å². The van der Waals surface area contributed by atoms with E-state index >= 15 is 0 Å². The Morgan fingerprint density at radius 1 is 0.969 bits per heavy atom. The third-order valence-electron chi connectivity index (χ3n) is 4.98. The monoisotopic (exact) mass is 452 g/mol. The largest absolute Gasteiger partial charge is 0.494 e. The van der Waals surface area contributed by atoms with E-state index in [9.17, 15) is 13.2 Å². The second kappa shape index (κ2) is 10.3. The second-order valence-electron chi connectivity index (χ2n) is 7.47. The van der Waals surface area contributed by atoms with Gasteiger partial charge in [-0.05, 0) is 67.8 Å². The molecule has 0 aliphatic carbocycles. The number of aryl methyl sites for hydroxylation is 2. The van der Waals surface area contributed by atoms with Gasteiger partial charge in [0.15, 0.2) is 0 Å². The van der Waals surface area contributed by atoms with E-state index in [4.69, 9.17) is 4.74 Å². The molecule has 0 aliphatic heterocycles. The third-order valence-corrected chi connectivity index (χ3v) is 6.75. The van der Waals surface area contributed by atoms with E-state index in [2.05, 4.69) is 5.32 Å². The summed E-state index contributed by atoms with van der Waals surface area (Å²) in [6, 6.07) is 21.1.